The van der Waals surface area contributed by atoms with Gasteiger partial charge in [0.25, 0.3) is 0 Å². The molecule has 20 atom stereocenters. The molecule has 0 aromatic heterocycles. The summed E-state index contributed by atoms with van der Waals surface area (Å²) in [7, 11) is 1.27. The van der Waals surface area contributed by atoms with Crippen LogP contribution in [0.2, 0.25) is 0 Å². The van der Waals surface area contributed by atoms with Crippen molar-refractivity contribution in [2.75, 3.05) is 53.4 Å². The minimum absolute atomic E-state index is 0.00970. The summed E-state index contributed by atoms with van der Waals surface area (Å²) < 4.78 is 133. The molecule has 0 aliphatic carbocycles. The number of alkyl carbamates (subject to hydrolysis) is 2. The molecule has 10 rings (SSSR count). The number of rotatable bonds is 49. The third-order valence-corrected chi connectivity index (χ3v) is 21.5. The van der Waals surface area contributed by atoms with Crippen molar-refractivity contribution in [2.24, 2.45) is 0 Å². The van der Waals surface area contributed by atoms with E-state index in [0.29, 0.717) is 40.7 Å². The molecule has 4 fully saturated rings. The molecule has 0 saturated carbocycles. The number of alkyl halides is 6. The van der Waals surface area contributed by atoms with Crippen LogP contribution in [0.5, 0.6) is 0 Å². The monoisotopic (exact) mass is 1960 g/mol. The number of benzene rings is 6. The van der Waals surface area contributed by atoms with Crippen LogP contribution in [0.1, 0.15) is 112 Å². The first-order valence-corrected chi connectivity index (χ1v) is 45.1. The van der Waals surface area contributed by atoms with Gasteiger partial charge in [0.1, 0.15) is 97.9 Å². The Morgan fingerprint density at radius 1 is 0.341 bits per heavy atom. The summed E-state index contributed by atoms with van der Waals surface area (Å²) in [6, 6.07) is 49.8. The van der Waals surface area contributed by atoms with Crippen LogP contribution in [0.15, 0.2) is 182 Å². The Kier molecular flexibility index (Phi) is 43.6. The van der Waals surface area contributed by atoms with Gasteiger partial charge >= 0.3 is 42.0 Å². The largest absolute Gasteiger partial charge is 0.469 e. The molecule has 33 nitrogen and oxygen atoms in total. The second-order valence-corrected chi connectivity index (χ2v) is 36.5. The van der Waals surface area contributed by atoms with Crippen molar-refractivity contribution >= 4 is 123 Å². The van der Waals surface area contributed by atoms with Gasteiger partial charge in [-0.2, -0.15) is 0 Å². The van der Waals surface area contributed by atoms with Crippen molar-refractivity contribution in [3.8, 4) is 0 Å². The normalized spacial score (nSPS) is 25.5. The van der Waals surface area contributed by atoms with Gasteiger partial charge in [-0.15, -0.1) is 0 Å². The zero-order valence-corrected chi connectivity index (χ0v) is 77.7. The molecule has 0 spiro atoms. The fourth-order valence-corrected chi connectivity index (χ4v) is 15.0. The van der Waals surface area contributed by atoms with E-state index in [-0.39, 0.29) is 77.9 Å². The number of hydrogen-bond acceptors (Lipinski definition) is 31. The van der Waals surface area contributed by atoms with E-state index in [1.54, 1.807) is 152 Å². The number of methoxy groups -OCH3 is 1. The maximum atomic E-state index is 15.2. The third kappa shape index (κ3) is 35.7. The summed E-state index contributed by atoms with van der Waals surface area (Å²) in [4.78, 5) is 125. The molecule has 4 aliphatic heterocycles. The molecular weight excluding hydrogens is 1850 g/mol. The number of Topliss-reactive ketones (excluding diaryl/α,β-unsaturated/α-hetero) is 2. The summed E-state index contributed by atoms with van der Waals surface area (Å²) in [6.45, 7) is 0.0885. The van der Waals surface area contributed by atoms with E-state index >= 15 is 9.59 Å². The molecule has 2 amide bonds. The maximum Gasteiger partial charge on any atom is 0.407 e. The fraction of sp³-hybridized carbons (Fsp3) is 0.516. The lowest BCUT2D eigenvalue weighted by atomic mass is 9.93. The minimum Gasteiger partial charge on any atom is -0.469 e. The smallest absolute Gasteiger partial charge is 0.407 e. The summed E-state index contributed by atoms with van der Waals surface area (Å²) in [5.74, 6) is -5.43. The van der Waals surface area contributed by atoms with Crippen LogP contribution in [0, 0.1) is 0 Å². The molecule has 4 saturated heterocycles. The summed E-state index contributed by atoms with van der Waals surface area (Å²) in [6.07, 6.45) is -35.9. The van der Waals surface area contributed by atoms with Crippen LogP contribution in [0.4, 0.5) is 9.59 Å². The average molecular weight is 1960 g/mol. The Hall–Kier alpha value is -8.31. The molecule has 0 unspecified atom stereocenters. The van der Waals surface area contributed by atoms with E-state index in [4.69, 9.17) is 169 Å². The number of ether oxygens (including phenoxy) is 21. The predicted octanol–water partition coefficient (Wildman–Crippen LogP) is 12.5. The fourth-order valence-electron chi connectivity index (χ4n) is 14.7. The number of halogens is 6. The standard InChI is InChI=1S/C93H110Cl6N2O31/c1-57(102)40-42-72(107)128-83-76(109)77(118-49-65-35-21-10-22-36-65)67(51-113-45-61-27-13-6-14-28-61)126-88(83)130-80-70(54-116-48-64-33-19-9-20-34-64)125-87(75(82(80)123-60(4)105)101-91(111)121-56-93(97,98)99)132-84-78(119-50-66-37-23-11-24-38-66)68(52-114-46-62-29-15-7-16-30-62)127-89(85(84)129-73(108)43-41-58(2)103)131-79-69(53-115-47-63-31-17-8-18-32-63)124-86(117-44-26-12-25-39-71(106)112-5)74(81(79)122-59(3)104)100-90(110)120-55-92(94,95)96/h6-11,13-24,27-38,67-70,74-89,109H,12,25-26,39-56H2,1-5H3,(H,100,110)(H,101,111)/t67-,68-,69-,70-,74-,75-,76+,77+,78+,79-,80-,81-,82-,83-,84+,85-,86-,87+,88+,89+/m1/s1. The number of hydrogen-bond donors (Lipinski definition) is 3. The Balaban J connectivity index is 1.17. The number of esters is 5. The van der Waals surface area contributed by atoms with Crippen molar-refractivity contribution in [1.29, 1.82) is 0 Å². The van der Waals surface area contributed by atoms with Gasteiger partial charge in [0.2, 0.25) is 7.59 Å². The number of aliphatic hydroxyl groups excluding tert-OH is 1. The second-order valence-electron chi connectivity index (χ2n) is 31.4. The quantitative estimate of drug-likeness (QED) is 0.0138. The van der Waals surface area contributed by atoms with Crippen molar-refractivity contribution in [1.82, 2.24) is 10.6 Å². The topological polar surface area (TPSA) is 392 Å². The molecule has 0 bridgehead atoms. The van der Waals surface area contributed by atoms with E-state index in [1.807, 2.05) is 30.3 Å². The Labute approximate surface area is 794 Å². The zero-order chi connectivity index (χ0) is 94.5. The second kappa shape index (κ2) is 54.4. The lowest BCUT2D eigenvalue weighted by molar-refractivity contribution is -0.383. The third-order valence-electron chi connectivity index (χ3n) is 20.9. The lowest BCUT2D eigenvalue weighted by Gasteiger charge is -2.52. The number of amides is 2. The number of carbonyl (C=O) groups excluding carboxylic acids is 9. The van der Waals surface area contributed by atoms with Crippen LogP contribution in [-0.2, 0) is 173 Å². The van der Waals surface area contributed by atoms with Crippen LogP contribution in [-0.4, -0.2) is 242 Å². The SMILES string of the molecule is COC(=O)CCCCCO[C@@H]1O[C@H](COCc2ccccc2)[C@@H](O[C@@H]2O[C@H](COCc3ccccc3)[C@H](OCc3ccccc3)[C@H](O[C@@H]3O[C@H](COCc4ccccc4)[C@@H](O[C@@H]4O[C@H](COCc5ccccc5)[C@H](OCc5ccccc5)[C@H](O)[C@H]4OC(=O)CCC(C)=O)[C@H](OC(C)=O)[C@H]3NC(=O)OCC(Cl)(Cl)Cl)[C@H]2OC(=O)CCC(C)=O)[C@H](OC(C)=O)[C@H]1NC(=O)OCC(Cl)(Cl)Cl. The highest BCUT2D eigenvalue weighted by Crippen LogP contribution is 2.41. The molecule has 3 N–H and O–H groups in total. The van der Waals surface area contributed by atoms with Gasteiger partial charge in [-0.05, 0) is 60.1 Å². The molecule has 4 aliphatic rings. The molecular formula is C93H110Cl6N2O31. The number of nitrogens with one attached hydrogen (secondary N) is 2. The Bertz CT molecular complexity index is 4520. The van der Waals surface area contributed by atoms with E-state index in [9.17, 15) is 38.7 Å². The number of unbranched alkanes of at least 4 members (excludes halogenated alkanes) is 2. The van der Waals surface area contributed by atoms with E-state index in [0.717, 1.165) is 19.4 Å². The lowest BCUT2D eigenvalue weighted by Crippen LogP contribution is -2.71. The minimum atomic E-state index is -2.28. The number of carbonyl (C=O) groups is 9. The predicted molar refractivity (Wildman–Crippen MR) is 474 cm³/mol. The van der Waals surface area contributed by atoms with E-state index in [1.165, 1.54) is 21.0 Å². The molecule has 39 heteroatoms. The Morgan fingerprint density at radius 2 is 0.674 bits per heavy atom. The highest BCUT2D eigenvalue weighted by Gasteiger charge is 2.61. The first kappa shape index (κ1) is 106. The van der Waals surface area contributed by atoms with E-state index < -0.39 is 230 Å². The van der Waals surface area contributed by atoms with Gasteiger partial charge < -0.3 is 125 Å². The van der Waals surface area contributed by atoms with Crippen LogP contribution < -0.4 is 10.6 Å². The van der Waals surface area contributed by atoms with Crippen molar-refractivity contribution < 1.29 is 148 Å². The molecule has 6 aromatic rings. The molecule has 4 heterocycles. The van der Waals surface area contributed by atoms with Crippen molar-refractivity contribution in [3.63, 3.8) is 0 Å². The van der Waals surface area contributed by atoms with Gasteiger partial charge in [-0.1, -0.05) is 258 Å². The van der Waals surface area contributed by atoms with Gasteiger partial charge in [0.15, 0.2) is 49.6 Å². The molecule has 0 radical (unpaired) electrons. The highest BCUT2D eigenvalue weighted by atomic mass is 35.6. The average Bonchev–Trinajstić information content (AvgIpc) is 0.757. The number of ketones is 2. The summed E-state index contributed by atoms with van der Waals surface area (Å²) in [5, 5.41) is 18.4. The maximum absolute atomic E-state index is 15.2. The van der Waals surface area contributed by atoms with Crippen molar-refractivity contribution in [3.05, 3.63) is 215 Å². The van der Waals surface area contributed by atoms with Gasteiger partial charge in [0.05, 0.1) is 86.0 Å². The highest BCUT2D eigenvalue weighted by molar-refractivity contribution is 6.68. The van der Waals surface area contributed by atoms with Crippen LogP contribution in [0.25, 0.3) is 0 Å². The van der Waals surface area contributed by atoms with Crippen molar-refractivity contribution in [2.45, 2.75) is 249 Å². The Morgan fingerprint density at radius 3 is 1.05 bits per heavy atom. The summed E-state index contributed by atoms with van der Waals surface area (Å²) >= 11 is 37.2. The zero-order valence-electron chi connectivity index (χ0n) is 73.2. The van der Waals surface area contributed by atoms with Gasteiger partial charge in [-0.3, -0.25) is 24.0 Å². The summed E-state index contributed by atoms with van der Waals surface area (Å²) in [5.41, 5.74) is 3.94. The molecule has 720 valence electrons. The first-order chi connectivity index (χ1) is 63.4. The molecule has 6 aromatic carbocycles. The molecule has 132 heavy (non-hydrogen) atoms. The van der Waals surface area contributed by atoms with Gasteiger partial charge in [0, 0.05) is 39.7 Å². The van der Waals surface area contributed by atoms with Crippen LogP contribution in [0.3, 0.4) is 0 Å². The first-order valence-electron chi connectivity index (χ1n) is 42.9. The number of aliphatic hydroxyl groups is 1. The van der Waals surface area contributed by atoms with Gasteiger partial charge in [-0.25, -0.2) is 9.59 Å². The van der Waals surface area contributed by atoms with E-state index in [2.05, 4.69) is 10.6 Å². The van der Waals surface area contributed by atoms with Crippen LogP contribution >= 0.6 is 69.6 Å².